The van der Waals surface area contributed by atoms with E-state index in [2.05, 4.69) is 29.5 Å². The highest BCUT2D eigenvalue weighted by molar-refractivity contribution is 5.75. The van der Waals surface area contributed by atoms with Crippen molar-refractivity contribution in [3.05, 3.63) is 11.9 Å². The lowest BCUT2D eigenvalue weighted by molar-refractivity contribution is -0.121. The summed E-state index contributed by atoms with van der Waals surface area (Å²) < 4.78 is 1.48. The summed E-state index contributed by atoms with van der Waals surface area (Å²) in [6, 6.07) is 0. The summed E-state index contributed by atoms with van der Waals surface area (Å²) in [5, 5.41) is 19.2. The van der Waals surface area contributed by atoms with Crippen molar-refractivity contribution in [2.24, 2.45) is 5.92 Å². The number of carbonyl (C=O) groups excluding carboxylic acids is 1. The van der Waals surface area contributed by atoms with Gasteiger partial charge in [0.25, 0.3) is 0 Å². The molecule has 6 nitrogen and oxygen atoms in total. The van der Waals surface area contributed by atoms with Crippen LogP contribution < -0.4 is 5.32 Å². The van der Waals surface area contributed by atoms with Gasteiger partial charge in [0.1, 0.15) is 6.54 Å². The Kier molecular flexibility index (Phi) is 5.62. The van der Waals surface area contributed by atoms with Crippen LogP contribution in [0.2, 0.25) is 0 Å². The first-order chi connectivity index (χ1) is 8.11. The minimum Gasteiger partial charge on any atom is -0.396 e. The van der Waals surface area contributed by atoms with Gasteiger partial charge in [-0.3, -0.25) is 4.79 Å². The van der Waals surface area contributed by atoms with Crippen molar-refractivity contribution in [3.8, 4) is 0 Å². The first-order valence-electron chi connectivity index (χ1n) is 5.88. The van der Waals surface area contributed by atoms with E-state index in [-0.39, 0.29) is 19.1 Å². The fourth-order valence-corrected chi connectivity index (χ4v) is 1.35. The van der Waals surface area contributed by atoms with Gasteiger partial charge in [0.15, 0.2) is 0 Å². The number of aliphatic hydroxyl groups is 1. The number of amides is 1. The predicted molar refractivity (Wildman–Crippen MR) is 63.3 cm³/mol. The summed E-state index contributed by atoms with van der Waals surface area (Å²) in [7, 11) is 0. The number of nitrogens with zero attached hydrogens (tertiary/aromatic N) is 3. The molecule has 1 amide bonds. The average Bonchev–Trinajstić information content (AvgIpc) is 2.65. The Morgan fingerprint density at radius 1 is 1.59 bits per heavy atom. The maximum Gasteiger partial charge on any atom is 0.241 e. The Morgan fingerprint density at radius 3 is 3.00 bits per heavy atom. The number of hydrogen-bond acceptors (Lipinski definition) is 4. The van der Waals surface area contributed by atoms with Crippen LogP contribution in [-0.2, 0) is 17.8 Å². The van der Waals surface area contributed by atoms with Crippen molar-refractivity contribution in [1.29, 1.82) is 0 Å². The Morgan fingerprint density at radius 2 is 2.35 bits per heavy atom. The smallest absolute Gasteiger partial charge is 0.241 e. The molecule has 1 aromatic heterocycles. The molecule has 1 aromatic rings. The molecule has 0 aliphatic heterocycles. The van der Waals surface area contributed by atoms with E-state index in [0.29, 0.717) is 24.6 Å². The molecule has 1 heterocycles. The third-order valence-corrected chi connectivity index (χ3v) is 2.30. The summed E-state index contributed by atoms with van der Waals surface area (Å²) in [5.41, 5.74) is 0.697. The maximum atomic E-state index is 11.5. The summed E-state index contributed by atoms with van der Waals surface area (Å²) in [4.78, 5) is 11.5. The fraction of sp³-hybridized carbons (Fsp3) is 0.727. The quantitative estimate of drug-likeness (QED) is 0.701. The zero-order chi connectivity index (χ0) is 12.7. The first-order valence-corrected chi connectivity index (χ1v) is 5.88. The third-order valence-electron chi connectivity index (χ3n) is 2.30. The van der Waals surface area contributed by atoms with Crippen molar-refractivity contribution in [3.63, 3.8) is 0 Å². The van der Waals surface area contributed by atoms with E-state index >= 15 is 0 Å². The summed E-state index contributed by atoms with van der Waals surface area (Å²) in [6.45, 7) is 5.14. The van der Waals surface area contributed by atoms with Gasteiger partial charge >= 0.3 is 0 Å². The van der Waals surface area contributed by atoms with Crippen LogP contribution in [0.25, 0.3) is 0 Å². The molecule has 17 heavy (non-hydrogen) atoms. The molecule has 96 valence electrons. The summed E-state index contributed by atoms with van der Waals surface area (Å²) in [5.74, 6) is 0.518. The summed E-state index contributed by atoms with van der Waals surface area (Å²) >= 11 is 0. The standard InChI is InChI=1S/C11H20N4O2/c1-9(2)3-5-12-11(17)8-15-7-10(4-6-16)13-14-15/h7,9,16H,3-6,8H2,1-2H3,(H,12,17). The lowest BCUT2D eigenvalue weighted by Crippen LogP contribution is -2.29. The van der Waals surface area contributed by atoms with Crippen molar-refractivity contribution >= 4 is 5.91 Å². The van der Waals surface area contributed by atoms with Crippen LogP contribution in [0, 0.1) is 5.92 Å². The molecular formula is C11H20N4O2. The Bertz CT molecular complexity index is 349. The van der Waals surface area contributed by atoms with E-state index < -0.39 is 0 Å². The lowest BCUT2D eigenvalue weighted by atomic mass is 10.1. The van der Waals surface area contributed by atoms with Gasteiger partial charge in [-0.05, 0) is 12.3 Å². The molecular weight excluding hydrogens is 220 g/mol. The van der Waals surface area contributed by atoms with Gasteiger partial charge < -0.3 is 10.4 Å². The van der Waals surface area contributed by atoms with Crippen LogP contribution in [0.5, 0.6) is 0 Å². The fourth-order valence-electron chi connectivity index (χ4n) is 1.35. The molecule has 0 aromatic carbocycles. The van der Waals surface area contributed by atoms with Gasteiger partial charge in [-0.2, -0.15) is 0 Å². The van der Waals surface area contributed by atoms with Crippen molar-refractivity contribution < 1.29 is 9.90 Å². The van der Waals surface area contributed by atoms with Crippen molar-refractivity contribution in [2.45, 2.75) is 33.2 Å². The molecule has 0 fully saturated rings. The largest absolute Gasteiger partial charge is 0.396 e. The SMILES string of the molecule is CC(C)CCNC(=O)Cn1cc(CCO)nn1. The molecule has 2 N–H and O–H groups in total. The highest BCUT2D eigenvalue weighted by Gasteiger charge is 2.05. The predicted octanol–water partition coefficient (Wildman–Crippen LogP) is -0.0248. The summed E-state index contributed by atoms with van der Waals surface area (Å²) in [6.07, 6.45) is 3.12. The van der Waals surface area contributed by atoms with Crippen LogP contribution in [0.3, 0.4) is 0 Å². The Hall–Kier alpha value is -1.43. The van der Waals surface area contributed by atoms with Crippen LogP contribution in [0.15, 0.2) is 6.20 Å². The van der Waals surface area contributed by atoms with Crippen LogP contribution in [-0.4, -0.2) is 39.2 Å². The molecule has 0 aliphatic carbocycles. The zero-order valence-corrected chi connectivity index (χ0v) is 10.4. The number of nitrogens with one attached hydrogen (secondary N) is 1. The number of carbonyl (C=O) groups is 1. The molecule has 0 radical (unpaired) electrons. The van der Waals surface area contributed by atoms with Crippen LogP contribution in [0.1, 0.15) is 26.0 Å². The lowest BCUT2D eigenvalue weighted by Gasteiger charge is -2.06. The third kappa shape index (κ3) is 5.44. The van der Waals surface area contributed by atoms with E-state index in [9.17, 15) is 4.79 Å². The van der Waals surface area contributed by atoms with Crippen LogP contribution >= 0.6 is 0 Å². The minimum atomic E-state index is -0.0638. The van der Waals surface area contributed by atoms with Gasteiger partial charge in [0.2, 0.25) is 5.91 Å². The van der Waals surface area contributed by atoms with E-state index in [1.807, 2.05) is 0 Å². The first kappa shape index (κ1) is 13.6. The maximum absolute atomic E-state index is 11.5. The molecule has 0 saturated carbocycles. The van der Waals surface area contributed by atoms with Crippen LogP contribution in [0.4, 0.5) is 0 Å². The molecule has 0 aliphatic rings. The monoisotopic (exact) mass is 240 g/mol. The second kappa shape index (κ2) is 7.01. The molecule has 1 rings (SSSR count). The molecule has 0 spiro atoms. The van der Waals surface area contributed by atoms with E-state index in [4.69, 9.17) is 5.11 Å². The van der Waals surface area contributed by atoms with Gasteiger partial charge in [-0.1, -0.05) is 19.1 Å². The molecule has 6 heteroatoms. The Balaban J connectivity index is 2.29. The van der Waals surface area contributed by atoms with E-state index in [1.165, 1.54) is 4.68 Å². The van der Waals surface area contributed by atoms with Gasteiger partial charge in [0.05, 0.1) is 5.69 Å². The number of rotatable bonds is 7. The second-order valence-electron chi connectivity index (χ2n) is 4.41. The van der Waals surface area contributed by atoms with Gasteiger partial charge in [-0.15, -0.1) is 5.10 Å². The molecule has 0 saturated heterocycles. The number of hydrogen-bond donors (Lipinski definition) is 2. The number of aromatic nitrogens is 3. The molecule has 0 bridgehead atoms. The van der Waals surface area contributed by atoms with E-state index in [0.717, 1.165) is 6.42 Å². The topological polar surface area (TPSA) is 80.0 Å². The highest BCUT2D eigenvalue weighted by atomic mass is 16.3. The Labute approximate surface area is 101 Å². The highest BCUT2D eigenvalue weighted by Crippen LogP contribution is 1.97. The van der Waals surface area contributed by atoms with Gasteiger partial charge in [0, 0.05) is 25.8 Å². The van der Waals surface area contributed by atoms with Crippen molar-refractivity contribution in [2.75, 3.05) is 13.2 Å². The number of aliphatic hydroxyl groups excluding tert-OH is 1. The van der Waals surface area contributed by atoms with Crippen molar-refractivity contribution in [1.82, 2.24) is 20.3 Å². The molecule has 0 unspecified atom stereocenters. The zero-order valence-electron chi connectivity index (χ0n) is 10.4. The van der Waals surface area contributed by atoms with Gasteiger partial charge in [-0.25, -0.2) is 4.68 Å². The molecule has 0 atom stereocenters. The normalized spacial score (nSPS) is 10.8. The average molecular weight is 240 g/mol. The van der Waals surface area contributed by atoms with E-state index in [1.54, 1.807) is 6.20 Å². The minimum absolute atomic E-state index is 0.0410. The second-order valence-corrected chi connectivity index (χ2v) is 4.41.